The molecule has 1 aliphatic heterocycles. The van der Waals surface area contributed by atoms with Crippen molar-refractivity contribution in [3.05, 3.63) is 18.3 Å². The van der Waals surface area contributed by atoms with Gasteiger partial charge in [0.2, 0.25) is 5.88 Å². The minimum atomic E-state index is -0.437. The largest absolute Gasteiger partial charge is 0.496 e. The van der Waals surface area contributed by atoms with E-state index in [1.54, 1.807) is 12.3 Å². The Balaban J connectivity index is 1.97. The molecule has 2 rings (SSSR count). The molecule has 1 fully saturated rings. The molecule has 2 heterocycles. The number of pyridine rings is 1. The molecular weight excluding hydrogens is 321 g/mol. The Kier molecular flexibility index (Phi) is 6.11. The van der Waals surface area contributed by atoms with E-state index in [0.29, 0.717) is 18.7 Å². The SMILES string of the molecule is CCC(CCC(=O)OC)Oc1ccc(B2OC(C)(C)C(C)(C)O2)cn1. The maximum absolute atomic E-state index is 11.3. The van der Waals surface area contributed by atoms with Crippen molar-refractivity contribution in [2.24, 2.45) is 0 Å². The van der Waals surface area contributed by atoms with Crippen molar-refractivity contribution in [2.45, 2.75) is 71.2 Å². The molecule has 0 amide bonds. The number of carbonyl (C=O) groups excluding carboxylic acids is 1. The molecule has 0 N–H and O–H groups in total. The molecule has 0 spiro atoms. The summed E-state index contributed by atoms with van der Waals surface area (Å²) in [4.78, 5) is 15.6. The van der Waals surface area contributed by atoms with Gasteiger partial charge in [-0.2, -0.15) is 0 Å². The smallest absolute Gasteiger partial charge is 0.474 e. The Morgan fingerprint density at radius 2 is 1.88 bits per heavy atom. The van der Waals surface area contributed by atoms with Gasteiger partial charge >= 0.3 is 13.1 Å². The molecule has 1 aliphatic rings. The van der Waals surface area contributed by atoms with Crippen LogP contribution >= 0.6 is 0 Å². The maximum Gasteiger partial charge on any atom is 0.496 e. The number of rotatable bonds is 7. The lowest BCUT2D eigenvalue weighted by Gasteiger charge is -2.32. The van der Waals surface area contributed by atoms with Crippen LogP contribution in [-0.2, 0) is 18.8 Å². The van der Waals surface area contributed by atoms with Crippen LogP contribution < -0.4 is 10.2 Å². The summed E-state index contributed by atoms with van der Waals surface area (Å²) < 4.78 is 22.6. The number of methoxy groups -OCH3 is 1. The van der Waals surface area contributed by atoms with Gasteiger partial charge in [0.15, 0.2) is 0 Å². The molecule has 7 heteroatoms. The van der Waals surface area contributed by atoms with E-state index in [9.17, 15) is 4.79 Å². The maximum atomic E-state index is 11.3. The van der Waals surface area contributed by atoms with E-state index in [2.05, 4.69) is 9.72 Å². The lowest BCUT2D eigenvalue weighted by atomic mass is 9.80. The fourth-order valence-electron chi connectivity index (χ4n) is 2.48. The predicted molar refractivity (Wildman–Crippen MR) is 95.9 cm³/mol. The molecule has 0 saturated carbocycles. The molecule has 0 radical (unpaired) electrons. The summed E-state index contributed by atoms with van der Waals surface area (Å²) in [5, 5.41) is 0. The Morgan fingerprint density at radius 3 is 2.36 bits per heavy atom. The molecule has 25 heavy (non-hydrogen) atoms. The molecule has 0 aliphatic carbocycles. The summed E-state index contributed by atoms with van der Waals surface area (Å²) in [6, 6.07) is 3.71. The van der Waals surface area contributed by atoms with E-state index in [0.717, 1.165) is 11.9 Å². The third-order valence-electron chi connectivity index (χ3n) is 4.93. The average molecular weight is 349 g/mol. The van der Waals surface area contributed by atoms with Crippen molar-refractivity contribution < 1.29 is 23.6 Å². The first-order valence-corrected chi connectivity index (χ1v) is 8.73. The van der Waals surface area contributed by atoms with Crippen LogP contribution in [0.5, 0.6) is 5.88 Å². The molecule has 6 nitrogen and oxygen atoms in total. The van der Waals surface area contributed by atoms with Gasteiger partial charge in [0.25, 0.3) is 0 Å². The summed E-state index contributed by atoms with van der Waals surface area (Å²) in [6.07, 6.45) is 3.36. The zero-order valence-corrected chi connectivity index (χ0v) is 16.0. The van der Waals surface area contributed by atoms with E-state index in [1.165, 1.54) is 7.11 Å². The van der Waals surface area contributed by atoms with E-state index >= 15 is 0 Å². The zero-order valence-electron chi connectivity index (χ0n) is 16.0. The fourth-order valence-corrected chi connectivity index (χ4v) is 2.48. The fraction of sp³-hybridized carbons (Fsp3) is 0.667. The summed E-state index contributed by atoms with van der Waals surface area (Å²) in [7, 11) is 0.952. The number of ether oxygens (including phenoxy) is 2. The van der Waals surface area contributed by atoms with Crippen molar-refractivity contribution in [3.8, 4) is 5.88 Å². The summed E-state index contributed by atoms with van der Waals surface area (Å²) in [5.41, 5.74) is 0.0933. The summed E-state index contributed by atoms with van der Waals surface area (Å²) in [6.45, 7) is 10.1. The van der Waals surface area contributed by atoms with Crippen LogP contribution in [0, 0.1) is 0 Å². The number of aromatic nitrogens is 1. The quantitative estimate of drug-likeness (QED) is 0.557. The molecule has 1 saturated heterocycles. The van der Waals surface area contributed by atoms with Crippen LogP contribution in [0.3, 0.4) is 0 Å². The second-order valence-corrected chi connectivity index (χ2v) is 7.28. The highest BCUT2D eigenvalue weighted by Crippen LogP contribution is 2.36. The first kappa shape index (κ1) is 19.7. The van der Waals surface area contributed by atoms with Gasteiger partial charge < -0.3 is 18.8 Å². The van der Waals surface area contributed by atoms with Crippen LogP contribution in [0.25, 0.3) is 0 Å². The van der Waals surface area contributed by atoms with Gasteiger partial charge in [0.05, 0.1) is 18.3 Å². The van der Waals surface area contributed by atoms with Gasteiger partial charge in [-0.25, -0.2) is 4.98 Å². The Hall–Kier alpha value is -1.60. The molecule has 1 unspecified atom stereocenters. The van der Waals surface area contributed by atoms with E-state index < -0.39 is 7.12 Å². The zero-order chi connectivity index (χ0) is 18.7. The van der Waals surface area contributed by atoms with Gasteiger partial charge in [-0.1, -0.05) is 13.0 Å². The molecule has 1 aromatic rings. The van der Waals surface area contributed by atoms with Crippen molar-refractivity contribution in [3.63, 3.8) is 0 Å². The highest BCUT2D eigenvalue weighted by molar-refractivity contribution is 6.62. The second-order valence-electron chi connectivity index (χ2n) is 7.28. The number of nitrogens with zero attached hydrogens (tertiary/aromatic N) is 1. The Labute approximate surface area is 150 Å². The van der Waals surface area contributed by atoms with Gasteiger partial charge in [0, 0.05) is 18.1 Å². The van der Waals surface area contributed by atoms with Crippen molar-refractivity contribution in [2.75, 3.05) is 7.11 Å². The average Bonchev–Trinajstić information content (AvgIpc) is 2.79. The number of hydrogen-bond acceptors (Lipinski definition) is 6. The van der Waals surface area contributed by atoms with E-state index in [4.69, 9.17) is 14.0 Å². The monoisotopic (exact) mass is 349 g/mol. The van der Waals surface area contributed by atoms with Crippen LogP contribution in [0.2, 0.25) is 0 Å². The van der Waals surface area contributed by atoms with Crippen LogP contribution in [-0.4, -0.2) is 42.5 Å². The van der Waals surface area contributed by atoms with Crippen LogP contribution in [0.1, 0.15) is 53.9 Å². The van der Waals surface area contributed by atoms with Crippen molar-refractivity contribution in [1.29, 1.82) is 0 Å². The first-order valence-electron chi connectivity index (χ1n) is 8.73. The van der Waals surface area contributed by atoms with E-state index in [-0.39, 0.29) is 23.3 Å². The second kappa shape index (κ2) is 7.75. The Morgan fingerprint density at radius 1 is 1.24 bits per heavy atom. The van der Waals surface area contributed by atoms with Gasteiger partial charge in [-0.3, -0.25) is 4.79 Å². The molecule has 138 valence electrons. The van der Waals surface area contributed by atoms with Crippen molar-refractivity contribution >= 4 is 18.6 Å². The number of esters is 1. The lowest BCUT2D eigenvalue weighted by Crippen LogP contribution is -2.41. The highest BCUT2D eigenvalue weighted by Gasteiger charge is 2.51. The normalized spacial score (nSPS) is 19.5. The third kappa shape index (κ3) is 4.73. The number of carbonyl (C=O) groups is 1. The lowest BCUT2D eigenvalue weighted by molar-refractivity contribution is -0.141. The predicted octanol–water partition coefficient (Wildman–Crippen LogP) is 2.49. The minimum Gasteiger partial charge on any atom is -0.474 e. The van der Waals surface area contributed by atoms with Crippen LogP contribution in [0.4, 0.5) is 0 Å². The van der Waals surface area contributed by atoms with Gasteiger partial charge in [0.1, 0.15) is 6.10 Å². The third-order valence-corrected chi connectivity index (χ3v) is 4.93. The highest BCUT2D eigenvalue weighted by atomic mass is 16.7. The molecule has 0 bridgehead atoms. The summed E-state index contributed by atoms with van der Waals surface area (Å²) in [5.74, 6) is 0.295. The Bertz CT molecular complexity index is 572. The standard InChI is InChI=1S/C18H28BNO5/c1-7-14(9-11-16(21)22-6)23-15-10-8-13(12-20-15)19-24-17(2,3)18(4,5)25-19/h8,10,12,14H,7,9,11H2,1-6H3. The number of hydrogen-bond donors (Lipinski definition) is 0. The molecular formula is C18H28BNO5. The molecule has 1 aromatic heterocycles. The minimum absolute atomic E-state index is 0.0747. The van der Waals surface area contributed by atoms with Crippen molar-refractivity contribution in [1.82, 2.24) is 4.98 Å². The van der Waals surface area contributed by atoms with E-state index in [1.807, 2.05) is 40.7 Å². The molecule has 0 aromatic carbocycles. The summed E-state index contributed by atoms with van der Waals surface area (Å²) >= 11 is 0. The topological polar surface area (TPSA) is 66.9 Å². The molecule has 1 atom stereocenters. The van der Waals surface area contributed by atoms with Gasteiger partial charge in [-0.05, 0) is 46.6 Å². The first-order chi connectivity index (χ1) is 11.7. The van der Waals surface area contributed by atoms with Crippen LogP contribution in [0.15, 0.2) is 18.3 Å². The van der Waals surface area contributed by atoms with Gasteiger partial charge in [-0.15, -0.1) is 0 Å².